The van der Waals surface area contributed by atoms with Crippen LogP contribution in [0.4, 0.5) is 0 Å². The normalized spacial score (nSPS) is 20.9. The van der Waals surface area contributed by atoms with Crippen molar-refractivity contribution in [1.29, 1.82) is 0 Å². The van der Waals surface area contributed by atoms with Crippen molar-refractivity contribution in [3.63, 3.8) is 0 Å². The number of aliphatic hydroxyl groups is 1. The second kappa shape index (κ2) is 5.32. The number of hydrogen-bond donors (Lipinski definition) is 1. The molecule has 0 aromatic rings. The number of aliphatic hydroxyl groups excluding tert-OH is 1. The van der Waals surface area contributed by atoms with E-state index in [1.165, 1.54) is 0 Å². The Labute approximate surface area is 85.5 Å². The van der Waals surface area contributed by atoms with Crippen molar-refractivity contribution in [2.24, 2.45) is 0 Å². The molecular weight excluding hydrogens is 180 g/mol. The molecule has 4 nitrogen and oxygen atoms in total. The van der Waals surface area contributed by atoms with E-state index in [0.29, 0.717) is 0 Å². The minimum absolute atomic E-state index is 0.153. The number of piperazine rings is 1. The van der Waals surface area contributed by atoms with Crippen molar-refractivity contribution < 1.29 is 9.90 Å². The van der Waals surface area contributed by atoms with E-state index in [0.717, 1.165) is 39.1 Å². The van der Waals surface area contributed by atoms with Crippen molar-refractivity contribution in [1.82, 2.24) is 9.80 Å². The molecule has 1 fully saturated rings. The standard InChI is InChI=1S/C10H20N2O2/c1-3-10(14)8-11-4-6-12(7-5-11)9(2)13/h10,14H,3-8H2,1-2H3. The van der Waals surface area contributed by atoms with Gasteiger partial charge in [0.15, 0.2) is 0 Å². The molecule has 1 aliphatic rings. The van der Waals surface area contributed by atoms with Crippen LogP contribution in [0.5, 0.6) is 0 Å². The van der Waals surface area contributed by atoms with Gasteiger partial charge in [0.25, 0.3) is 0 Å². The molecule has 1 aliphatic heterocycles. The van der Waals surface area contributed by atoms with Crippen molar-refractivity contribution in [3.05, 3.63) is 0 Å². The van der Waals surface area contributed by atoms with Gasteiger partial charge in [-0.2, -0.15) is 0 Å². The van der Waals surface area contributed by atoms with Crippen LogP contribution in [0.15, 0.2) is 0 Å². The van der Waals surface area contributed by atoms with E-state index < -0.39 is 0 Å². The van der Waals surface area contributed by atoms with Crippen molar-refractivity contribution >= 4 is 5.91 Å². The molecule has 1 atom stereocenters. The largest absolute Gasteiger partial charge is 0.392 e. The summed E-state index contributed by atoms with van der Waals surface area (Å²) in [5.74, 6) is 0.153. The lowest BCUT2D eigenvalue weighted by Crippen LogP contribution is -2.49. The Bertz CT molecular complexity index is 189. The molecular formula is C10H20N2O2. The van der Waals surface area contributed by atoms with Crippen LogP contribution in [0.3, 0.4) is 0 Å². The summed E-state index contributed by atoms with van der Waals surface area (Å²) in [4.78, 5) is 15.1. The number of hydrogen-bond acceptors (Lipinski definition) is 3. The number of carbonyl (C=O) groups excluding carboxylic acids is 1. The summed E-state index contributed by atoms with van der Waals surface area (Å²) in [6.45, 7) is 7.69. The summed E-state index contributed by atoms with van der Waals surface area (Å²) in [5.41, 5.74) is 0. The summed E-state index contributed by atoms with van der Waals surface area (Å²) in [5, 5.41) is 9.46. The Morgan fingerprint density at radius 3 is 2.36 bits per heavy atom. The van der Waals surface area contributed by atoms with E-state index in [1.807, 2.05) is 11.8 Å². The van der Waals surface area contributed by atoms with E-state index in [9.17, 15) is 9.90 Å². The lowest BCUT2D eigenvalue weighted by molar-refractivity contribution is -0.130. The van der Waals surface area contributed by atoms with E-state index in [4.69, 9.17) is 0 Å². The molecule has 0 radical (unpaired) electrons. The average Bonchev–Trinajstić information content (AvgIpc) is 2.18. The quantitative estimate of drug-likeness (QED) is 0.693. The summed E-state index contributed by atoms with van der Waals surface area (Å²) < 4.78 is 0. The first-order valence-electron chi connectivity index (χ1n) is 5.29. The van der Waals surface area contributed by atoms with Crippen LogP contribution in [-0.2, 0) is 4.79 Å². The summed E-state index contributed by atoms with van der Waals surface area (Å²) in [6, 6.07) is 0. The molecule has 4 heteroatoms. The van der Waals surface area contributed by atoms with Gasteiger partial charge in [0, 0.05) is 39.6 Å². The fourth-order valence-corrected chi connectivity index (χ4v) is 1.67. The average molecular weight is 200 g/mol. The number of β-amino-alcohol motifs (C(OH)–C–C–N with tert-alkyl or cyclic N) is 1. The van der Waals surface area contributed by atoms with Gasteiger partial charge in [-0.25, -0.2) is 0 Å². The van der Waals surface area contributed by atoms with E-state index in [2.05, 4.69) is 4.90 Å². The second-order valence-corrected chi connectivity index (χ2v) is 3.87. The molecule has 1 heterocycles. The first-order valence-corrected chi connectivity index (χ1v) is 5.29. The molecule has 1 saturated heterocycles. The minimum Gasteiger partial charge on any atom is -0.392 e. The molecule has 0 aromatic carbocycles. The maximum Gasteiger partial charge on any atom is 0.219 e. The van der Waals surface area contributed by atoms with Gasteiger partial charge in [-0.15, -0.1) is 0 Å². The molecule has 0 bridgehead atoms. The maximum absolute atomic E-state index is 11.0. The first kappa shape index (κ1) is 11.5. The Morgan fingerprint density at radius 1 is 1.36 bits per heavy atom. The highest BCUT2D eigenvalue weighted by molar-refractivity contribution is 5.73. The molecule has 1 unspecified atom stereocenters. The van der Waals surface area contributed by atoms with Crippen LogP contribution >= 0.6 is 0 Å². The van der Waals surface area contributed by atoms with Gasteiger partial charge in [0.1, 0.15) is 0 Å². The van der Waals surface area contributed by atoms with Crippen LogP contribution in [-0.4, -0.2) is 59.6 Å². The summed E-state index contributed by atoms with van der Waals surface area (Å²) in [6.07, 6.45) is 0.575. The van der Waals surface area contributed by atoms with E-state index in [-0.39, 0.29) is 12.0 Å². The SMILES string of the molecule is CCC(O)CN1CCN(C(C)=O)CC1. The number of carbonyl (C=O) groups is 1. The van der Waals surface area contributed by atoms with Crippen LogP contribution in [0.1, 0.15) is 20.3 Å². The maximum atomic E-state index is 11.0. The fraction of sp³-hybridized carbons (Fsp3) is 0.900. The number of nitrogens with zero attached hydrogens (tertiary/aromatic N) is 2. The van der Waals surface area contributed by atoms with Crippen LogP contribution in [0.25, 0.3) is 0 Å². The predicted octanol–water partition coefficient (Wildman–Crippen LogP) is -0.0786. The Hall–Kier alpha value is -0.610. The highest BCUT2D eigenvalue weighted by Gasteiger charge is 2.19. The van der Waals surface area contributed by atoms with Crippen molar-refractivity contribution in [2.45, 2.75) is 26.4 Å². The van der Waals surface area contributed by atoms with Crippen LogP contribution in [0, 0.1) is 0 Å². The van der Waals surface area contributed by atoms with Gasteiger partial charge in [-0.05, 0) is 6.42 Å². The molecule has 0 aromatic heterocycles. The van der Waals surface area contributed by atoms with E-state index in [1.54, 1.807) is 6.92 Å². The molecule has 14 heavy (non-hydrogen) atoms. The van der Waals surface area contributed by atoms with Crippen LogP contribution < -0.4 is 0 Å². The molecule has 0 spiro atoms. The summed E-state index contributed by atoms with van der Waals surface area (Å²) >= 11 is 0. The molecule has 0 aliphatic carbocycles. The molecule has 1 amide bonds. The van der Waals surface area contributed by atoms with Crippen molar-refractivity contribution in [2.75, 3.05) is 32.7 Å². The smallest absolute Gasteiger partial charge is 0.219 e. The highest BCUT2D eigenvalue weighted by atomic mass is 16.3. The second-order valence-electron chi connectivity index (χ2n) is 3.87. The number of amides is 1. The minimum atomic E-state index is -0.223. The van der Waals surface area contributed by atoms with E-state index >= 15 is 0 Å². The zero-order valence-corrected chi connectivity index (χ0v) is 9.07. The fourth-order valence-electron chi connectivity index (χ4n) is 1.67. The Balaban J connectivity index is 2.25. The Kier molecular flexibility index (Phi) is 4.35. The lowest BCUT2D eigenvalue weighted by Gasteiger charge is -2.34. The monoisotopic (exact) mass is 200 g/mol. The molecule has 82 valence electrons. The topological polar surface area (TPSA) is 43.8 Å². The highest BCUT2D eigenvalue weighted by Crippen LogP contribution is 2.03. The molecule has 1 rings (SSSR count). The van der Waals surface area contributed by atoms with Crippen LogP contribution in [0.2, 0.25) is 0 Å². The van der Waals surface area contributed by atoms with Gasteiger partial charge >= 0.3 is 0 Å². The third-order valence-corrected chi connectivity index (χ3v) is 2.76. The Morgan fingerprint density at radius 2 is 1.93 bits per heavy atom. The zero-order chi connectivity index (χ0) is 10.6. The van der Waals surface area contributed by atoms with Gasteiger partial charge in [-0.1, -0.05) is 6.92 Å². The lowest BCUT2D eigenvalue weighted by atomic mass is 10.2. The molecule has 0 saturated carbocycles. The third-order valence-electron chi connectivity index (χ3n) is 2.76. The predicted molar refractivity (Wildman–Crippen MR) is 55.0 cm³/mol. The van der Waals surface area contributed by atoms with Crippen molar-refractivity contribution in [3.8, 4) is 0 Å². The zero-order valence-electron chi connectivity index (χ0n) is 9.07. The van der Waals surface area contributed by atoms with Gasteiger partial charge in [0.05, 0.1) is 6.10 Å². The molecule has 1 N–H and O–H groups in total. The first-order chi connectivity index (χ1) is 6.63. The van der Waals surface area contributed by atoms with Gasteiger partial charge in [0.2, 0.25) is 5.91 Å². The summed E-state index contributed by atoms with van der Waals surface area (Å²) in [7, 11) is 0. The van der Waals surface area contributed by atoms with Gasteiger partial charge < -0.3 is 10.0 Å². The van der Waals surface area contributed by atoms with Gasteiger partial charge in [-0.3, -0.25) is 9.69 Å². The number of rotatable bonds is 3. The third kappa shape index (κ3) is 3.27.